The molecule has 2 aliphatic heterocycles. The molecule has 0 aromatic heterocycles. The smallest absolute Gasteiger partial charge is 0.225 e. The van der Waals surface area contributed by atoms with Crippen LogP contribution in [0.4, 0.5) is 0 Å². The van der Waals surface area contributed by atoms with E-state index in [0.29, 0.717) is 32.7 Å². The molecule has 0 radical (unpaired) electrons. The SMILES string of the molecule is N#CC1(CC(=O)N2C[C@@H]3COCC[C@]3(C(N)=O)C2)CCCCC1. The fourth-order valence-corrected chi connectivity index (χ4v) is 4.50. The summed E-state index contributed by atoms with van der Waals surface area (Å²) in [7, 11) is 0. The Morgan fingerprint density at radius 1 is 1.26 bits per heavy atom. The second-order valence-electron chi connectivity index (χ2n) is 7.45. The minimum atomic E-state index is -0.639. The summed E-state index contributed by atoms with van der Waals surface area (Å²) in [5.41, 5.74) is 4.50. The molecule has 3 fully saturated rings. The second kappa shape index (κ2) is 6.12. The van der Waals surface area contributed by atoms with Gasteiger partial charge < -0.3 is 15.4 Å². The fraction of sp³-hybridized carbons (Fsp3) is 0.824. The maximum absolute atomic E-state index is 12.8. The van der Waals surface area contributed by atoms with Crippen LogP contribution in [-0.4, -0.2) is 43.0 Å². The number of nitrogens with two attached hydrogens (primary N) is 1. The Kier molecular flexibility index (Phi) is 4.33. The first-order valence-corrected chi connectivity index (χ1v) is 8.58. The van der Waals surface area contributed by atoms with E-state index in [0.717, 1.165) is 32.1 Å². The van der Waals surface area contributed by atoms with Gasteiger partial charge in [0.1, 0.15) is 0 Å². The lowest BCUT2D eigenvalue weighted by Crippen LogP contribution is -2.48. The Bertz CT molecular complexity index is 536. The molecule has 3 rings (SSSR count). The zero-order valence-corrected chi connectivity index (χ0v) is 13.6. The molecule has 6 nitrogen and oxygen atoms in total. The van der Waals surface area contributed by atoms with Crippen molar-refractivity contribution in [1.82, 2.24) is 4.90 Å². The first-order valence-electron chi connectivity index (χ1n) is 8.58. The number of hydrogen-bond donors (Lipinski definition) is 1. The average Bonchev–Trinajstić information content (AvgIpc) is 2.97. The van der Waals surface area contributed by atoms with Gasteiger partial charge in [-0.25, -0.2) is 0 Å². The summed E-state index contributed by atoms with van der Waals surface area (Å²) < 4.78 is 5.48. The van der Waals surface area contributed by atoms with Gasteiger partial charge in [-0.05, 0) is 19.3 Å². The Morgan fingerprint density at radius 2 is 2.00 bits per heavy atom. The van der Waals surface area contributed by atoms with Crippen molar-refractivity contribution in [3.63, 3.8) is 0 Å². The largest absolute Gasteiger partial charge is 0.381 e. The summed E-state index contributed by atoms with van der Waals surface area (Å²) in [6.07, 6.45) is 5.63. The average molecular weight is 319 g/mol. The van der Waals surface area contributed by atoms with Gasteiger partial charge in [0.25, 0.3) is 0 Å². The van der Waals surface area contributed by atoms with E-state index in [-0.39, 0.29) is 24.2 Å². The molecule has 2 amide bonds. The molecular formula is C17H25N3O3. The highest BCUT2D eigenvalue weighted by Crippen LogP contribution is 2.44. The molecule has 0 bridgehead atoms. The van der Waals surface area contributed by atoms with Gasteiger partial charge >= 0.3 is 0 Å². The van der Waals surface area contributed by atoms with E-state index in [4.69, 9.17) is 10.5 Å². The topological polar surface area (TPSA) is 96.4 Å². The second-order valence-corrected chi connectivity index (χ2v) is 7.45. The first-order chi connectivity index (χ1) is 11.0. The number of fused-ring (bicyclic) bond motifs is 1. The predicted molar refractivity (Wildman–Crippen MR) is 82.9 cm³/mol. The van der Waals surface area contributed by atoms with Crippen LogP contribution in [0.3, 0.4) is 0 Å². The highest BCUT2D eigenvalue weighted by molar-refractivity contribution is 5.85. The standard InChI is InChI=1S/C17H25N3O3/c18-11-16(4-2-1-3-5-16)8-14(21)20-9-13-10-23-7-6-17(13,12-20)15(19)22/h13H,1-10,12H2,(H2,19,22)/t13-,17+/m1/s1. The van der Waals surface area contributed by atoms with Crippen LogP contribution >= 0.6 is 0 Å². The molecule has 3 aliphatic rings. The summed E-state index contributed by atoms with van der Waals surface area (Å²) in [5, 5.41) is 9.56. The molecule has 23 heavy (non-hydrogen) atoms. The molecule has 2 heterocycles. The number of carbonyl (C=O) groups is 2. The third-order valence-electron chi connectivity index (χ3n) is 6.09. The van der Waals surface area contributed by atoms with E-state index < -0.39 is 10.8 Å². The van der Waals surface area contributed by atoms with Gasteiger partial charge in [0.15, 0.2) is 0 Å². The zero-order valence-electron chi connectivity index (χ0n) is 13.6. The lowest BCUT2D eigenvalue weighted by molar-refractivity contribution is -0.136. The molecule has 1 saturated carbocycles. The molecule has 126 valence electrons. The maximum atomic E-state index is 12.8. The predicted octanol–water partition coefficient (Wildman–Crippen LogP) is 1.20. The fourth-order valence-electron chi connectivity index (χ4n) is 4.50. The van der Waals surface area contributed by atoms with Gasteiger partial charge in [-0.3, -0.25) is 9.59 Å². The van der Waals surface area contributed by atoms with Crippen molar-refractivity contribution < 1.29 is 14.3 Å². The number of carbonyl (C=O) groups excluding carboxylic acids is 2. The Labute approximate surface area is 136 Å². The highest BCUT2D eigenvalue weighted by Gasteiger charge is 2.54. The number of ether oxygens (including phenoxy) is 1. The van der Waals surface area contributed by atoms with Crippen LogP contribution in [0.1, 0.15) is 44.9 Å². The minimum absolute atomic E-state index is 0.0107. The van der Waals surface area contributed by atoms with Crippen molar-refractivity contribution in [2.75, 3.05) is 26.3 Å². The Hall–Kier alpha value is -1.61. The number of nitriles is 1. The maximum Gasteiger partial charge on any atom is 0.225 e. The number of rotatable bonds is 3. The molecule has 0 aromatic carbocycles. The molecule has 0 unspecified atom stereocenters. The molecule has 2 N–H and O–H groups in total. The Balaban J connectivity index is 1.71. The van der Waals surface area contributed by atoms with Crippen LogP contribution in [0, 0.1) is 28.1 Å². The van der Waals surface area contributed by atoms with Gasteiger partial charge in [-0.15, -0.1) is 0 Å². The van der Waals surface area contributed by atoms with Crippen molar-refractivity contribution in [3.8, 4) is 6.07 Å². The van der Waals surface area contributed by atoms with Gasteiger partial charge in [0.05, 0.1) is 23.5 Å². The summed E-state index contributed by atoms with van der Waals surface area (Å²) in [6.45, 7) is 1.90. The first kappa shape index (κ1) is 16.3. The summed E-state index contributed by atoms with van der Waals surface area (Å²) in [5.74, 6) is -0.348. The van der Waals surface area contributed by atoms with Crippen molar-refractivity contribution in [2.45, 2.75) is 44.9 Å². The quantitative estimate of drug-likeness (QED) is 0.845. The van der Waals surface area contributed by atoms with Crippen molar-refractivity contribution >= 4 is 11.8 Å². The number of primary amides is 1. The van der Waals surface area contributed by atoms with Crippen LogP contribution in [0.5, 0.6) is 0 Å². The Morgan fingerprint density at radius 3 is 2.61 bits per heavy atom. The van der Waals surface area contributed by atoms with Gasteiger partial charge in [0, 0.05) is 32.0 Å². The number of likely N-dealkylation sites (tertiary alicyclic amines) is 1. The molecule has 2 saturated heterocycles. The van der Waals surface area contributed by atoms with Crippen molar-refractivity contribution in [2.24, 2.45) is 22.5 Å². The highest BCUT2D eigenvalue weighted by atomic mass is 16.5. The van der Waals surface area contributed by atoms with Crippen LogP contribution in [-0.2, 0) is 14.3 Å². The summed E-state index contributed by atoms with van der Waals surface area (Å²) >= 11 is 0. The van der Waals surface area contributed by atoms with Crippen LogP contribution in [0.15, 0.2) is 0 Å². The molecule has 1 aliphatic carbocycles. The minimum Gasteiger partial charge on any atom is -0.381 e. The van der Waals surface area contributed by atoms with Gasteiger partial charge in [-0.1, -0.05) is 19.3 Å². The van der Waals surface area contributed by atoms with E-state index in [1.54, 1.807) is 4.90 Å². The van der Waals surface area contributed by atoms with Gasteiger partial charge in [0.2, 0.25) is 11.8 Å². The van der Waals surface area contributed by atoms with Crippen LogP contribution < -0.4 is 5.73 Å². The molecule has 0 aromatic rings. The summed E-state index contributed by atoms with van der Waals surface area (Å²) in [6, 6.07) is 2.40. The number of amides is 2. The van der Waals surface area contributed by atoms with E-state index in [1.807, 2.05) is 0 Å². The van der Waals surface area contributed by atoms with Crippen LogP contribution in [0.25, 0.3) is 0 Å². The molecule has 2 atom stereocenters. The number of nitrogens with zero attached hydrogens (tertiary/aromatic N) is 2. The van der Waals surface area contributed by atoms with Crippen LogP contribution in [0.2, 0.25) is 0 Å². The lowest BCUT2D eigenvalue weighted by atomic mass is 9.72. The molecule has 0 spiro atoms. The molecule has 6 heteroatoms. The third-order valence-corrected chi connectivity index (χ3v) is 6.09. The number of hydrogen-bond acceptors (Lipinski definition) is 4. The van der Waals surface area contributed by atoms with Gasteiger partial charge in [-0.2, -0.15) is 5.26 Å². The zero-order chi connectivity index (χ0) is 16.5. The normalized spacial score (nSPS) is 32.8. The third kappa shape index (κ3) is 2.83. The monoisotopic (exact) mass is 319 g/mol. The van der Waals surface area contributed by atoms with Crippen molar-refractivity contribution in [3.05, 3.63) is 0 Å². The van der Waals surface area contributed by atoms with E-state index in [1.165, 1.54) is 0 Å². The van der Waals surface area contributed by atoms with E-state index in [2.05, 4.69) is 6.07 Å². The van der Waals surface area contributed by atoms with E-state index in [9.17, 15) is 14.9 Å². The lowest BCUT2D eigenvalue weighted by Gasteiger charge is -2.35. The van der Waals surface area contributed by atoms with E-state index >= 15 is 0 Å². The molecular weight excluding hydrogens is 294 g/mol. The summed E-state index contributed by atoms with van der Waals surface area (Å²) in [4.78, 5) is 26.5. The van der Waals surface area contributed by atoms with Crippen molar-refractivity contribution in [1.29, 1.82) is 5.26 Å².